The van der Waals surface area contributed by atoms with E-state index in [1.54, 1.807) is 24.3 Å². The largest absolute Gasteiger partial charge is 0.330 e. The first-order valence-corrected chi connectivity index (χ1v) is 10.3. The summed E-state index contributed by atoms with van der Waals surface area (Å²) in [7, 11) is 0. The number of carbonyl (C=O) groups excluding carboxylic acids is 2. The molecular weight excluding hydrogens is 450 g/mol. The number of nitrogens with one attached hydrogen (secondary N) is 3. The molecule has 0 aliphatic heterocycles. The van der Waals surface area contributed by atoms with Crippen molar-refractivity contribution in [2.24, 2.45) is 0 Å². The van der Waals surface area contributed by atoms with Gasteiger partial charge in [0.1, 0.15) is 0 Å². The van der Waals surface area contributed by atoms with Crippen molar-refractivity contribution in [2.45, 2.75) is 4.34 Å². The molecule has 138 valence electrons. The molecule has 2 amide bonds. The SMILES string of the molecule is O=C(CSc1nnc(Nc2ccccc2)s1)NNC(=O)c1ccc(Br)cc1. The van der Waals surface area contributed by atoms with Gasteiger partial charge in [-0.1, -0.05) is 57.2 Å². The number of aromatic nitrogens is 2. The summed E-state index contributed by atoms with van der Waals surface area (Å²) in [6.45, 7) is 0. The third kappa shape index (κ3) is 6.05. The van der Waals surface area contributed by atoms with Crippen molar-refractivity contribution < 1.29 is 9.59 Å². The van der Waals surface area contributed by atoms with Crippen molar-refractivity contribution in [1.29, 1.82) is 0 Å². The molecular formula is C17H14BrN5O2S2. The third-order valence-corrected chi connectivity index (χ3v) is 5.68. The number of hydrogen-bond acceptors (Lipinski definition) is 7. The lowest BCUT2D eigenvalue weighted by Gasteiger charge is -2.06. The first-order valence-electron chi connectivity index (χ1n) is 7.73. The highest BCUT2D eigenvalue weighted by Gasteiger charge is 2.10. The zero-order chi connectivity index (χ0) is 19.1. The molecule has 2 aromatic carbocycles. The molecule has 0 aliphatic rings. The number of carbonyl (C=O) groups is 2. The molecule has 0 unspecified atom stereocenters. The van der Waals surface area contributed by atoms with E-state index in [4.69, 9.17) is 0 Å². The Balaban J connectivity index is 1.42. The van der Waals surface area contributed by atoms with Gasteiger partial charge in [0.15, 0.2) is 4.34 Å². The Hall–Kier alpha value is -2.43. The molecule has 0 fully saturated rings. The van der Waals surface area contributed by atoms with Gasteiger partial charge in [-0.05, 0) is 36.4 Å². The Labute approximate surface area is 172 Å². The quantitative estimate of drug-likeness (QED) is 0.381. The van der Waals surface area contributed by atoms with E-state index in [0.717, 1.165) is 10.2 Å². The maximum absolute atomic E-state index is 11.9. The maximum Gasteiger partial charge on any atom is 0.269 e. The fourth-order valence-electron chi connectivity index (χ4n) is 1.93. The molecule has 0 atom stereocenters. The molecule has 1 aromatic heterocycles. The third-order valence-electron chi connectivity index (χ3n) is 3.18. The monoisotopic (exact) mass is 463 g/mol. The highest BCUT2D eigenvalue weighted by molar-refractivity contribution is 9.10. The number of anilines is 2. The van der Waals surface area contributed by atoms with Gasteiger partial charge in [-0.25, -0.2) is 0 Å². The molecule has 0 bridgehead atoms. The molecule has 3 N–H and O–H groups in total. The van der Waals surface area contributed by atoms with E-state index < -0.39 is 0 Å². The minimum absolute atomic E-state index is 0.112. The van der Waals surface area contributed by atoms with Crippen LogP contribution in [0.1, 0.15) is 10.4 Å². The van der Waals surface area contributed by atoms with Crippen LogP contribution in [-0.2, 0) is 4.79 Å². The summed E-state index contributed by atoms with van der Waals surface area (Å²) in [4.78, 5) is 23.8. The van der Waals surface area contributed by atoms with Gasteiger partial charge >= 0.3 is 0 Å². The number of nitrogens with zero attached hydrogens (tertiary/aromatic N) is 2. The summed E-state index contributed by atoms with van der Waals surface area (Å²) in [5, 5.41) is 11.9. The van der Waals surface area contributed by atoms with Crippen LogP contribution in [0.4, 0.5) is 10.8 Å². The Morgan fingerprint density at radius 3 is 2.48 bits per heavy atom. The smallest absolute Gasteiger partial charge is 0.269 e. The van der Waals surface area contributed by atoms with Crippen LogP contribution < -0.4 is 16.2 Å². The van der Waals surface area contributed by atoms with Crippen LogP contribution in [-0.4, -0.2) is 27.8 Å². The first-order chi connectivity index (χ1) is 13.1. The fraction of sp³-hybridized carbons (Fsp3) is 0.0588. The first kappa shape index (κ1) is 19.3. The Kier molecular flexibility index (Phi) is 6.80. The summed E-state index contributed by atoms with van der Waals surface area (Å²) < 4.78 is 1.53. The average molecular weight is 464 g/mol. The second-order valence-electron chi connectivity index (χ2n) is 5.16. The number of para-hydroxylation sites is 1. The molecule has 1 heterocycles. The van der Waals surface area contributed by atoms with Gasteiger partial charge in [-0.15, -0.1) is 10.2 Å². The predicted molar refractivity (Wildman–Crippen MR) is 110 cm³/mol. The molecule has 3 rings (SSSR count). The summed E-state index contributed by atoms with van der Waals surface area (Å²) in [6.07, 6.45) is 0. The van der Waals surface area contributed by atoms with Crippen LogP contribution in [0.2, 0.25) is 0 Å². The zero-order valence-corrected chi connectivity index (χ0v) is 17.0. The van der Waals surface area contributed by atoms with Crippen molar-refractivity contribution >= 4 is 61.7 Å². The fourth-order valence-corrected chi connectivity index (χ4v) is 3.76. The number of benzene rings is 2. The summed E-state index contributed by atoms with van der Waals surface area (Å²) in [5.74, 6) is -0.607. The van der Waals surface area contributed by atoms with Crippen LogP contribution in [0.25, 0.3) is 0 Å². The minimum Gasteiger partial charge on any atom is -0.330 e. The van der Waals surface area contributed by atoms with Crippen LogP contribution in [0.5, 0.6) is 0 Å². The van der Waals surface area contributed by atoms with Crippen molar-refractivity contribution in [1.82, 2.24) is 21.0 Å². The van der Waals surface area contributed by atoms with Crippen LogP contribution >= 0.6 is 39.0 Å². The lowest BCUT2D eigenvalue weighted by atomic mass is 10.2. The van der Waals surface area contributed by atoms with E-state index in [2.05, 4.69) is 42.3 Å². The molecule has 0 spiro atoms. The average Bonchev–Trinajstić information content (AvgIpc) is 3.13. The molecule has 0 saturated carbocycles. The molecule has 0 saturated heterocycles. The lowest BCUT2D eigenvalue weighted by Crippen LogP contribution is -2.42. The summed E-state index contributed by atoms with van der Waals surface area (Å²) in [5.41, 5.74) is 6.13. The van der Waals surface area contributed by atoms with Gasteiger partial charge in [-0.2, -0.15) is 0 Å². The van der Waals surface area contributed by atoms with Gasteiger partial charge in [0.05, 0.1) is 5.75 Å². The van der Waals surface area contributed by atoms with Gasteiger partial charge < -0.3 is 5.32 Å². The van der Waals surface area contributed by atoms with Gasteiger partial charge in [-0.3, -0.25) is 20.4 Å². The minimum atomic E-state index is -0.383. The number of halogens is 1. The summed E-state index contributed by atoms with van der Waals surface area (Å²) in [6, 6.07) is 16.4. The number of hydrogen-bond donors (Lipinski definition) is 3. The molecule has 7 nitrogen and oxygen atoms in total. The van der Waals surface area contributed by atoms with Crippen LogP contribution in [0.3, 0.4) is 0 Å². The number of rotatable bonds is 6. The highest BCUT2D eigenvalue weighted by Crippen LogP contribution is 2.27. The Morgan fingerprint density at radius 1 is 1.00 bits per heavy atom. The van der Waals surface area contributed by atoms with Gasteiger partial charge in [0, 0.05) is 15.7 Å². The topological polar surface area (TPSA) is 96.0 Å². The molecule has 0 radical (unpaired) electrons. The number of hydrazine groups is 1. The molecule has 27 heavy (non-hydrogen) atoms. The van der Waals surface area contributed by atoms with Crippen LogP contribution in [0, 0.1) is 0 Å². The highest BCUT2D eigenvalue weighted by atomic mass is 79.9. The summed E-state index contributed by atoms with van der Waals surface area (Å²) >= 11 is 5.90. The van der Waals surface area contributed by atoms with E-state index in [0.29, 0.717) is 15.0 Å². The molecule has 0 aliphatic carbocycles. The van der Waals surface area contributed by atoms with E-state index in [-0.39, 0.29) is 17.6 Å². The second kappa shape index (κ2) is 9.49. The lowest BCUT2D eigenvalue weighted by molar-refractivity contribution is -0.119. The normalized spacial score (nSPS) is 10.3. The standard InChI is InChI=1S/C17H14BrN5O2S2/c18-12-8-6-11(7-9-12)15(25)21-20-14(24)10-26-17-23-22-16(27-17)19-13-4-2-1-3-5-13/h1-9H,10H2,(H,19,22)(H,20,24)(H,21,25). The molecule has 10 heteroatoms. The maximum atomic E-state index is 11.9. The van der Waals surface area contributed by atoms with Crippen molar-refractivity contribution in [2.75, 3.05) is 11.1 Å². The zero-order valence-electron chi connectivity index (χ0n) is 13.8. The Morgan fingerprint density at radius 2 is 1.74 bits per heavy atom. The van der Waals surface area contributed by atoms with Crippen LogP contribution in [0.15, 0.2) is 63.4 Å². The van der Waals surface area contributed by atoms with Crippen molar-refractivity contribution in [3.63, 3.8) is 0 Å². The molecule has 3 aromatic rings. The predicted octanol–water partition coefficient (Wildman–Crippen LogP) is 3.60. The van der Waals surface area contributed by atoms with Gasteiger partial charge in [0.2, 0.25) is 11.0 Å². The van der Waals surface area contributed by atoms with Crippen molar-refractivity contribution in [3.8, 4) is 0 Å². The number of amides is 2. The van der Waals surface area contributed by atoms with E-state index >= 15 is 0 Å². The van der Waals surface area contributed by atoms with E-state index in [1.165, 1.54) is 23.1 Å². The van der Waals surface area contributed by atoms with Gasteiger partial charge in [0.25, 0.3) is 5.91 Å². The Bertz CT molecular complexity index is 919. The number of thioether (sulfide) groups is 1. The second-order valence-corrected chi connectivity index (χ2v) is 8.28. The van der Waals surface area contributed by atoms with E-state index in [1.807, 2.05) is 30.3 Å². The van der Waals surface area contributed by atoms with Crippen molar-refractivity contribution in [3.05, 3.63) is 64.6 Å². The van der Waals surface area contributed by atoms with E-state index in [9.17, 15) is 9.59 Å².